The van der Waals surface area contributed by atoms with Gasteiger partial charge in [0.15, 0.2) is 0 Å². The van der Waals surface area contributed by atoms with Crippen molar-refractivity contribution in [2.45, 2.75) is 13.2 Å². The first-order valence-corrected chi connectivity index (χ1v) is 13.7. The van der Waals surface area contributed by atoms with E-state index in [0.29, 0.717) is 23.7 Å². The Labute approximate surface area is 249 Å². The Morgan fingerprint density at radius 2 is 1.19 bits per heavy atom. The Balaban J connectivity index is 1.24. The van der Waals surface area contributed by atoms with Crippen LogP contribution in [0.4, 0.5) is 4.79 Å². The molecule has 0 aliphatic carbocycles. The number of hydrogen-bond donors (Lipinski definition) is 4. The Hall–Kier alpha value is -5.51. The molecular weight excluding hydrogens is 550 g/mol. The molecule has 4 rings (SSSR count). The number of alkyl carbamates (subject to hydrolysis) is 1. The van der Waals surface area contributed by atoms with E-state index in [1.807, 2.05) is 60.7 Å². The summed E-state index contributed by atoms with van der Waals surface area (Å²) in [4.78, 5) is 37.2. The number of aromatic hydroxyl groups is 1. The number of phenols is 1. The minimum absolute atomic E-state index is 0.0613. The summed E-state index contributed by atoms with van der Waals surface area (Å²) in [5, 5.41) is 17.6. The summed E-state index contributed by atoms with van der Waals surface area (Å²) in [6.45, 7) is 0.855. The highest BCUT2D eigenvalue weighted by Crippen LogP contribution is 2.26. The lowest BCUT2D eigenvalue weighted by Crippen LogP contribution is -2.36. The van der Waals surface area contributed by atoms with Crippen LogP contribution in [0, 0.1) is 0 Å². The van der Waals surface area contributed by atoms with E-state index in [2.05, 4.69) is 16.0 Å². The molecule has 10 heteroatoms. The molecule has 0 radical (unpaired) electrons. The van der Waals surface area contributed by atoms with Gasteiger partial charge in [-0.3, -0.25) is 9.59 Å². The highest BCUT2D eigenvalue weighted by Gasteiger charge is 2.15. The van der Waals surface area contributed by atoms with Crippen molar-refractivity contribution in [3.8, 4) is 17.2 Å². The molecule has 222 valence electrons. The predicted octanol–water partition coefficient (Wildman–Crippen LogP) is 4.44. The third kappa shape index (κ3) is 9.82. The van der Waals surface area contributed by atoms with Gasteiger partial charge in [0.05, 0.1) is 17.7 Å². The summed E-state index contributed by atoms with van der Waals surface area (Å²) in [6.07, 6.45) is -0.700. The van der Waals surface area contributed by atoms with Crippen molar-refractivity contribution in [2.75, 3.05) is 26.2 Å². The van der Waals surface area contributed by atoms with Crippen molar-refractivity contribution in [2.24, 2.45) is 0 Å². The maximum atomic E-state index is 13.1. The highest BCUT2D eigenvalue weighted by atomic mass is 16.5. The van der Waals surface area contributed by atoms with E-state index in [9.17, 15) is 19.5 Å². The van der Waals surface area contributed by atoms with Gasteiger partial charge >= 0.3 is 6.09 Å². The minimum atomic E-state index is -0.700. The molecule has 0 aromatic heterocycles. The molecule has 0 heterocycles. The third-order valence-electron chi connectivity index (χ3n) is 6.13. The van der Waals surface area contributed by atoms with Gasteiger partial charge in [0.25, 0.3) is 11.8 Å². The van der Waals surface area contributed by atoms with E-state index in [1.165, 1.54) is 12.1 Å². The summed E-state index contributed by atoms with van der Waals surface area (Å²) < 4.78 is 16.9. The van der Waals surface area contributed by atoms with Crippen LogP contribution >= 0.6 is 0 Å². The van der Waals surface area contributed by atoms with Crippen LogP contribution in [0.1, 0.15) is 31.8 Å². The van der Waals surface area contributed by atoms with Crippen molar-refractivity contribution in [1.29, 1.82) is 0 Å². The molecule has 0 unspecified atom stereocenters. The van der Waals surface area contributed by atoms with Gasteiger partial charge in [0, 0.05) is 13.1 Å². The zero-order chi connectivity index (χ0) is 30.3. The van der Waals surface area contributed by atoms with Crippen LogP contribution in [-0.2, 0) is 18.0 Å². The molecule has 4 aromatic carbocycles. The van der Waals surface area contributed by atoms with Gasteiger partial charge in [-0.05, 0) is 41.5 Å². The van der Waals surface area contributed by atoms with Gasteiger partial charge in [-0.25, -0.2) is 4.79 Å². The predicted molar refractivity (Wildman–Crippen MR) is 160 cm³/mol. The molecule has 43 heavy (non-hydrogen) atoms. The van der Waals surface area contributed by atoms with Crippen molar-refractivity contribution in [3.05, 3.63) is 125 Å². The fourth-order valence-corrected chi connectivity index (χ4v) is 3.93. The van der Waals surface area contributed by atoms with Gasteiger partial charge in [0.2, 0.25) is 0 Å². The van der Waals surface area contributed by atoms with Gasteiger partial charge in [0.1, 0.15) is 37.1 Å². The zero-order valence-electron chi connectivity index (χ0n) is 23.5. The number of rotatable bonds is 14. The first-order valence-electron chi connectivity index (χ1n) is 13.7. The summed E-state index contributed by atoms with van der Waals surface area (Å²) >= 11 is 0. The fraction of sp³-hybridized carbons (Fsp3) is 0.182. The number of para-hydroxylation sites is 1. The van der Waals surface area contributed by atoms with Gasteiger partial charge in [-0.15, -0.1) is 0 Å². The third-order valence-corrected chi connectivity index (χ3v) is 6.13. The van der Waals surface area contributed by atoms with Crippen LogP contribution < -0.4 is 25.4 Å². The summed E-state index contributed by atoms with van der Waals surface area (Å²) in [5.74, 6) is -0.104. The van der Waals surface area contributed by atoms with Crippen LogP contribution in [-0.4, -0.2) is 49.3 Å². The Bertz CT molecular complexity index is 1500. The molecule has 0 fully saturated rings. The van der Waals surface area contributed by atoms with Crippen LogP contribution in [0.15, 0.2) is 103 Å². The molecule has 4 aromatic rings. The van der Waals surface area contributed by atoms with E-state index in [-0.39, 0.29) is 44.2 Å². The largest absolute Gasteiger partial charge is 0.507 e. The quantitative estimate of drug-likeness (QED) is 0.161. The number of ether oxygens (including phenoxy) is 3. The van der Waals surface area contributed by atoms with Crippen LogP contribution in [0.25, 0.3) is 0 Å². The standard InChI is InChI=1S/C33H33N3O7/c37-29-14-8-7-13-27(29)31(38)35-19-20-41-33(40)36-18-17-34-32(39)28-21-26(42-22-24-9-3-1-4-10-24)15-16-30(28)43-23-25-11-5-2-6-12-25/h1-16,21,37H,17-20,22-23H2,(H,34,39)(H,35,38)(H,36,40). The van der Waals surface area contributed by atoms with Crippen molar-refractivity contribution in [1.82, 2.24) is 16.0 Å². The Morgan fingerprint density at radius 3 is 1.88 bits per heavy atom. The van der Waals surface area contributed by atoms with E-state index >= 15 is 0 Å². The number of benzene rings is 4. The van der Waals surface area contributed by atoms with Gasteiger partial charge in [-0.1, -0.05) is 72.8 Å². The molecule has 0 saturated carbocycles. The Kier molecular flexibility index (Phi) is 11.4. The maximum Gasteiger partial charge on any atom is 0.407 e. The van der Waals surface area contributed by atoms with Crippen LogP contribution in [0.2, 0.25) is 0 Å². The molecular formula is C33H33N3O7. The molecule has 0 spiro atoms. The SMILES string of the molecule is O=C(NCCNC(=O)c1cc(OCc2ccccc2)ccc1OCc1ccccc1)OCCNC(=O)c1ccccc1O. The van der Waals surface area contributed by atoms with E-state index in [4.69, 9.17) is 14.2 Å². The maximum absolute atomic E-state index is 13.1. The van der Waals surface area contributed by atoms with Crippen LogP contribution in [0.5, 0.6) is 17.2 Å². The molecule has 10 nitrogen and oxygen atoms in total. The second kappa shape index (κ2) is 16.1. The summed E-state index contributed by atoms with van der Waals surface area (Å²) in [6, 6.07) is 30.5. The minimum Gasteiger partial charge on any atom is -0.507 e. The number of amides is 3. The van der Waals surface area contributed by atoms with Crippen LogP contribution in [0.3, 0.4) is 0 Å². The monoisotopic (exact) mass is 583 g/mol. The lowest BCUT2D eigenvalue weighted by Gasteiger charge is -2.14. The van der Waals surface area contributed by atoms with E-state index in [0.717, 1.165) is 11.1 Å². The number of carbonyl (C=O) groups excluding carboxylic acids is 3. The second-order valence-corrected chi connectivity index (χ2v) is 9.30. The molecule has 0 aliphatic heterocycles. The van der Waals surface area contributed by atoms with E-state index < -0.39 is 17.9 Å². The first-order chi connectivity index (χ1) is 21.0. The lowest BCUT2D eigenvalue weighted by atomic mass is 10.1. The highest BCUT2D eigenvalue weighted by molar-refractivity contribution is 5.97. The number of phenolic OH excluding ortho intramolecular Hbond substituents is 1. The fourth-order valence-electron chi connectivity index (χ4n) is 3.93. The molecule has 0 atom stereocenters. The molecule has 0 bridgehead atoms. The molecule has 0 saturated heterocycles. The molecule has 4 N–H and O–H groups in total. The van der Waals surface area contributed by atoms with Crippen molar-refractivity contribution in [3.63, 3.8) is 0 Å². The normalized spacial score (nSPS) is 10.3. The van der Waals surface area contributed by atoms with Crippen molar-refractivity contribution < 1.29 is 33.7 Å². The summed E-state index contributed by atoms with van der Waals surface area (Å²) in [7, 11) is 0. The molecule has 3 amide bonds. The van der Waals surface area contributed by atoms with Gasteiger partial charge in [-0.2, -0.15) is 0 Å². The zero-order valence-corrected chi connectivity index (χ0v) is 23.5. The average molecular weight is 584 g/mol. The number of nitrogens with one attached hydrogen (secondary N) is 3. The lowest BCUT2D eigenvalue weighted by molar-refractivity contribution is 0.0931. The van der Waals surface area contributed by atoms with Gasteiger partial charge < -0.3 is 35.3 Å². The number of carbonyl (C=O) groups is 3. The Morgan fingerprint density at radius 1 is 0.605 bits per heavy atom. The van der Waals surface area contributed by atoms with E-state index in [1.54, 1.807) is 30.3 Å². The summed E-state index contributed by atoms with van der Waals surface area (Å²) in [5.41, 5.74) is 2.38. The second-order valence-electron chi connectivity index (χ2n) is 9.30. The average Bonchev–Trinajstić information content (AvgIpc) is 3.04. The topological polar surface area (TPSA) is 135 Å². The molecule has 0 aliphatic rings. The first kappa shape index (κ1) is 30.4. The smallest absolute Gasteiger partial charge is 0.407 e. The van der Waals surface area contributed by atoms with Crippen molar-refractivity contribution >= 4 is 17.9 Å². The number of hydrogen-bond acceptors (Lipinski definition) is 7.